The first kappa shape index (κ1) is 14.5. The van der Waals surface area contributed by atoms with Crippen LogP contribution in [0.2, 0.25) is 0 Å². The van der Waals surface area contributed by atoms with Gasteiger partial charge in [-0.25, -0.2) is 0 Å². The third-order valence-corrected chi connectivity index (χ3v) is 4.49. The van der Waals surface area contributed by atoms with Gasteiger partial charge in [0.2, 0.25) is 11.8 Å². The number of likely N-dealkylation sites (tertiary alicyclic amines) is 1. The molecule has 1 aliphatic heterocycles. The molecule has 2 fully saturated rings. The van der Waals surface area contributed by atoms with Crippen LogP contribution >= 0.6 is 0 Å². The zero-order valence-corrected chi connectivity index (χ0v) is 12.7. The van der Waals surface area contributed by atoms with Crippen LogP contribution < -0.4 is 5.32 Å². The molecular formula is C15H24N4O2. The fraction of sp³-hybridized carbons (Fsp3) is 0.800. The summed E-state index contributed by atoms with van der Waals surface area (Å²) in [5.74, 6) is 1.82. The first-order chi connectivity index (χ1) is 10.2. The second-order valence-corrected chi connectivity index (χ2v) is 6.30. The smallest absolute Gasteiger partial charge is 0.234 e. The molecule has 1 aromatic rings. The second kappa shape index (κ2) is 6.56. The summed E-state index contributed by atoms with van der Waals surface area (Å²) in [4.78, 5) is 18.6. The van der Waals surface area contributed by atoms with E-state index in [2.05, 4.69) is 20.4 Å². The van der Waals surface area contributed by atoms with Gasteiger partial charge in [0, 0.05) is 12.6 Å². The molecule has 2 heterocycles. The molecule has 2 aliphatic rings. The van der Waals surface area contributed by atoms with Crippen LogP contribution in [-0.2, 0) is 4.79 Å². The number of amides is 1. The molecule has 3 rings (SSSR count). The van der Waals surface area contributed by atoms with Crippen LogP contribution in [0.4, 0.5) is 0 Å². The van der Waals surface area contributed by atoms with Crippen molar-refractivity contribution in [3.63, 3.8) is 0 Å². The molecule has 1 aromatic heterocycles. The van der Waals surface area contributed by atoms with Crippen molar-refractivity contribution in [1.82, 2.24) is 20.4 Å². The average molecular weight is 292 g/mol. The Morgan fingerprint density at radius 1 is 1.33 bits per heavy atom. The average Bonchev–Trinajstić information content (AvgIpc) is 3.10. The van der Waals surface area contributed by atoms with E-state index in [4.69, 9.17) is 4.52 Å². The quantitative estimate of drug-likeness (QED) is 0.913. The highest BCUT2D eigenvalue weighted by Crippen LogP contribution is 2.25. The lowest BCUT2D eigenvalue weighted by Gasteiger charge is -2.30. The van der Waals surface area contributed by atoms with Gasteiger partial charge in [-0.1, -0.05) is 18.0 Å². The SMILES string of the molecule is Cc1noc(C2CCCN(CC(=O)NC3CCCC3)C2)n1. The number of piperidine rings is 1. The number of nitrogens with zero attached hydrogens (tertiary/aromatic N) is 3. The van der Waals surface area contributed by atoms with E-state index in [1.54, 1.807) is 0 Å². The van der Waals surface area contributed by atoms with Crippen LogP contribution in [0.25, 0.3) is 0 Å². The van der Waals surface area contributed by atoms with Crippen LogP contribution in [0.1, 0.15) is 56.2 Å². The molecule has 6 nitrogen and oxygen atoms in total. The van der Waals surface area contributed by atoms with Gasteiger partial charge in [-0.15, -0.1) is 0 Å². The fourth-order valence-corrected chi connectivity index (χ4v) is 3.43. The molecule has 1 unspecified atom stereocenters. The van der Waals surface area contributed by atoms with Crippen molar-refractivity contribution in [3.8, 4) is 0 Å². The van der Waals surface area contributed by atoms with Gasteiger partial charge >= 0.3 is 0 Å². The summed E-state index contributed by atoms with van der Waals surface area (Å²) in [7, 11) is 0. The Hall–Kier alpha value is -1.43. The van der Waals surface area contributed by atoms with Crippen molar-refractivity contribution in [1.29, 1.82) is 0 Å². The molecule has 1 saturated heterocycles. The maximum atomic E-state index is 12.1. The number of nitrogens with one attached hydrogen (secondary N) is 1. The minimum Gasteiger partial charge on any atom is -0.352 e. The van der Waals surface area contributed by atoms with Gasteiger partial charge in [0.1, 0.15) is 0 Å². The predicted molar refractivity (Wildman–Crippen MR) is 77.8 cm³/mol. The Balaban J connectivity index is 1.50. The molecule has 0 spiro atoms. The van der Waals surface area contributed by atoms with Crippen molar-refractivity contribution in [2.75, 3.05) is 19.6 Å². The molecule has 1 aliphatic carbocycles. The van der Waals surface area contributed by atoms with E-state index < -0.39 is 0 Å². The lowest BCUT2D eigenvalue weighted by Crippen LogP contribution is -2.44. The molecule has 6 heteroatoms. The van der Waals surface area contributed by atoms with Gasteiger partial charge in [-0.3, -0.25) is 9.69 Å². The number of hydrogen-bond acceptors (Lipinski definition) is 5. The molecule has 1 amide bonds. The van der Waals surface area contributed by atoms with E-state index in [9.17, 15) is 4.79 Å². The summed E-state index contributed by atoms with van der Waals surface area (Å²) in [6.45, 7) is 4.13. The molecule has 21 heavy (non-hydrogen) atoms. The molecule has 0 radical (unpaired) electrons. The van der Waals surface area contributed by atoms with Gasteiger partial charge in [0.15, 0.2) is 5.82 Å². The van der Waals surface area contributed by atoms with Gasteiger partial charge in [0.05, 0.1) is 12.5 Å². The monoisotopic (exact) mass is 292 g/mol. The Labute approximate surface area is 125 Å². The summed E-state index contributed by atoms with van der Waals surface area (Å²) >= 11 is 0. The molecule has 0 bridgehead atoms. The highest BCUT2D eigenvalue weighted by atomic mass is 16.5. The van der Waals surface area contributed by atoms with E-state index in [0.29, 0.717) is 24.3 Å². The summed E-state index contributed by atoms with van der Waals surface area (Å²) < 4.78 is 5.28. The molecule has 1 N–H and O–H groups in total. The third-order valence-electron chi connectivity index (χ3n) is 4.49. The number of carbonyl (C=O) groups excluding carboxylic acids is 1. The summed E-state index contributed by atoms with van der Waals surface area (Å²) in [5.41, 5.74) is 0. The summed E-state index contributed by atoms with van der Waals surface area (Å²) in [5, 5.41) is 7.02. The number of rotatable bonds is 4. The summed E-state index contributed by atoms with van der Waals surface area (Å²) in [6.07, 6.45) is 6.89. The van der Waals surface area contributed by atoms with Crippen LogP contribution in [0.15, 0.2) is 4.52 Å². The van der Waals surface area contributed by atoms with E-state index in [1.807, 2.05) is 6.92 Å². The van der Waals surface area contributed by atoms with Crippen molar-refractivity contribution < 1.29 is 9.32 Å². The van der Waals surface area contributed by atoms with Gasteiger partial charge in [-0.2, -0.15) is 4.98 Å². The molecular weight excluding hydrogens is 268 g/mol. The zero-order valence-electron chi connectivity index (χ0n) is 12.7. The highest BCUT2D eigenvalue weighted by molar-refractivity contribution is 5.78. The van der Waals surface area contributed by atoms with Crippen molar-refractivity contribution in [3.05, 3.63) is 11.7 Å². The fourth-order valence-electron chi connectivity index (χ4n) is 3.43. The van der Waals surface area contributed by atoms with Crippen LogP contribution in [0.3, 0.4) is 0 Å². The van der Waals surface area contributed by atoms with E-state index in [1.165, 1.54) is 12.8 Å². The number of aromatic nitrogens is 2. The van der Waals surface area contributed by atoms with Crippen LogP contribution in [-0.4, -0.2) is 46.6 Å². The maximum absolute atomic E-state index is 12.1. The van der Waals surface area contributed by atoms with E-state index >= 15 is 0 Å². The lowest BCUT2D eigenvalue weighted by molar-refractivity contribution is -0.123. The topological polar surface area (TPSA) is 71.3 Å². The maximum Gasteiger partial charge on any atom is 0.234 e. The number of hydrogen-bond donors (Lipinski definition) is 1. The predicted octanol–water partition coefficient (Wildman–Crippen LogP) is 1.62. The Kier molecular flexibility index (Phi) is 4.53. The Bertz CT molecular complexity index is 482. The molecule has 0 aromatic carbocycles. The number of carbonyl (C=O) groups is 1. The zero-order chi connectivity index (χ0) is 14.7. The largest absolute Gasteiger partial charge is 0.352 e. The van der Waals surface area contributed by atoms with Crippen LogP contribution in [0.5, 0.6) is 0 Å². The minimum absolute atomic E-state index is 0.157. The lowest BCUT2D eigenvalue weighted by atomic mass is 9.98. The van der Waals surface area contributed by atoms with Gasteiger partial charge in [0.25, 0.3) is 0 Å². The Morgan fingerprint density at radius 3 is 2.86 bits per heavy atom. The summed E-state index contributed by atoms with van der Waals surface area (Å²) in [6, 6.07) is 0.400. The van der Waals surface area contributed by atoms with Gasteiger partial charge in [-0.05, 0) is 39.2 Å². The second-order valence-electron chi connectivity index (χ2n) is 6.30. The highest BCUT2D eigenvalue weighted by Gasteiger charge is 2.27. The molecule has 116 valence electrons. The number of aryl methyl sites for hydroxylation is 1. The first-order valence-corrected chi connectivity index (χ1v) is 8.02. The normalized spacial score (nSPS) is 24.3. The van der Waals surface area contributed by atoms with Crippen molar-refractivity contribution >= 4 is 5.91 Å². The third kappa shape index (κ3) is 3.81. The standard InChI is InChI=1S/C15H24N4O2/c1-11-16-15(21-18-11)12-5-4-8-19(9-12)10-14(20)17-13-6-2-3-7-13/h12-13H,2-10H2,1H3,(H,17,20). The van der Waals surface area contributed by atoms with Gasteiger partial charge < -0.3 is 9.84 Å². The van der Waals surface area contributed by atoms with Crippen LogP contribution in [0, 0.1) is 6.92 Å². The Morgan fingerprint density at radius 2 is 2.14 bits per heavy atom. The van der Waals surface area contributed by atoms with E-state index in [0.717, 1.165) is 38.8 Å². The molecule has 1 saturated carbocycles. The van der Waals surface area contributed by atoms with E-state index in [-0.39, 0.29) is 11.8 Å². The minimum atomic E-state index is 0.157. The van der Waals surface area contributed by atoms with Crippen molar-refractivity contribution in [2.45, 2.75) is 57.4 Å². The first-order valence-electron chi connectivity index (χ1n) is 8.02. The van der Waals surface area contributed by atoms with Crippen molar-refractivity contribution in [2.24, 2.45) is 0 Å². The molecule has 1 atom stereocenters.